The molecule has 0 bridgehead atoms. The first-order chi connectivity index (χ1) is 51.4. The third kappa shape index (κ3) is 126. The summed E-state index contributed by atoms with van der Waals surface area (Å²) in [5, 5.41) is 78.3. The lowest BCUT2D eigenvalue weighted by atomic mass is 9.99. The number of hydroxylamine groups is 12. The Balaban J connectivity index is -0.000000225. The molecule has 0 N–H and O–H groups in total. The van der Waals surface area contributed by atoms with E-state index < -0.39 is 11.7 Å². The van der Waals surface area contributed by atoms with E-state index in [0.717, 1.165) is 97.4 Å². The van der Waals surface area contributed by atoms with Gasteiger partial charge in [0.2, 0.25) is 0 Å². The molecule has 0 spiro atoms. The lowest BCUT2D eigenvalue weighted by Gasteiger charge is -2.41. The summed E-state index contributed by atoms with van der Waals surface area (Å²) in [4.78, 5) is 0. The van der Waals surface area contributed by atoms with Gasteiger partial charge in [0.05, 0.1) is 101 Å². The van der Waals surface area contributed by atoms with Gasteiger partial charge in [-0.1, -0.05) is 416 Å². The van der Waals surface area contributed by atoms with Crippen LogP contribution in [0.4, 0.5) is 0 Å². The third-order valence-electron chi connectivity index (χ3n) is 21.6. The molecule has 0 rings (SSSR count). The van der Waals surface area contributed by atoms with E-state index in [1.165, 1.54) is 372 Å². The highest BCUT2D eigenvalue weighted by Gasteiger charge is 2.12. The summed E-state index contributed by atoms with van der Waals surface area (Å²) < 4.78 is 0.403. The molecule has 662 valence electrons. The molecular formula is C96H209N5O7-2. The molecule has 0 fully saturated rings. The van der Waals surface area contributed by atoms with Gasteiger partial charge in [0.25, 0.3) is 0 Å². The van der Waals surface area contributed by atoms with Crippen LogP contribution in [-0.2, 0) is 0 Å². The van der Waals surface area contributed by atoms with Crippen molar-refractivity contribution in [3.8, 4) is 0 Å². The van der Waals surface area contributed by atoms with Gasteiger partial charge in [0, 0.05) is 6.73 Å². The molecule has 108 heavy (non-hydrogen) atoms. The van der Waals surface area contributed by atoms with Crippen molar-refractivity contribution in [1.29, 1.82) is 0 Å². The van der Waals surface area contributed by atoms with Gasteiger partial charge in [-0.25, -0.2) is 0 Å². The van der Waals surface area contributed by atoms with Crippen LogP contribution < -0.4 is 15.3 Å². The van der Waals surface area contributed by atoms with Crippen LogP contribution in [0.25, 0.3) is 0 Å². The molecule has 0 atom stereocenters. The molecule has 0 aliphatic carbocycles. The number of rotatable bonds is 74. The van der Waals surface area contributed by atoms with E-state index in [4.69, 9.17) is 0 Å². The molecule has 0 aliphatic rings. The Morgan fingerprint density at radius 3 is 0.509 bits per heavy atom. The predicted octanol–water partition coefficient (Wildman–Crippen LogP) is 28.1. The smallest absolute Gasteiger partial charge is 0.0783 e. The fraction of sp³-hybridized carbons (Fsp3) is 1.00. The highest BCUT2D eigenvalue weighted by atomic mass is 16.6. The van der Waals surface area contributed by atoms with Crippen molar-refractivity contribution >= 4 is 0 Å². The number of unbranched alkanes of at least 4 members (excludes halogenated alkanes) is 57. The Labute approximate surface area is 683 Å². The van der Waals surface area contributed by atoms with Crippen LogP contribution in [0.1, 0.15) is 508 Å². The SMILES string of the molecule is CC(C)[O-].CCCCCCCCCCCC(C)(C)[O-].CCCCCCCCCCCCCC[N+](C)(C)[O-].CCCCCCCCCCCCCC[N+]([O-])(CC)CC.CCCCCCCCCCCC[N+](C)(C)C[O-].CCCCCCCCCCCC[N+](C)(C)[O-].CCCCCCCCCCCC[N+]([O-])(CC)CC. The van der Waals surface area contributed by atoms with Gasteiger partial charge in [-0.05, 0) is 91.9 Å². The monoisotopic (exact) mass is 1540 g/mol. The maximum atomic E-state index is 12.1. The quantitative estimate of drug-likeness (QED) is 0.0253. The number of hydrogen-bond acceptors (Lipinski definition) is 7. The van der Waals surface area contributed by atoms with E-state index in [1.54, 1.807) is 55.9 Å². The molecule has 0 unspecified atom stereocenters. The Hall–Kier alpha value is -0.480. The van der Waals surface area contributed by atoms with Crippen LogP contribution in [0.3, 0.4) is 0 Å². The maximum absolute atomic E-state index is 12.1. The van der Waals surface area contributed by atoms with Crippen LogP contribution in [0, 0.1) is 20.8 Å². The summed E-state index contributed by atoms with van der Waals surface area (Å²) in [6.45, 7) is 35.6. The van der Waals surface area contributed by atoms with E-state index in [1.807, 2.05) is 41.8 Å². The fourth-order valence-electron chi connectivity index (χ4n) is 13.5. The number of quaternary nitrogens is 5. The van der Waals surface area contributed by atoms with Crippen molar-refractivity contribution in [2.75, 3.05) is 108 Å². The third-order valence-corrected chi connectivity index (χ3v) is 21.6. The highest BCUT2D eigenvalue weighted by Crippen LogP contribution is 2.20. The maximum Gasteiger partial charge on any atom is 0.0783 e. The molecule has 0 aliphatic heterocycles. The molecule has 0 heterocycles. The zero-order valence-electron chi connectivity index (χ0n) is 78.5. The molecule has 0 amide bonds. The van der Waals surface area contributed by atoms with Crippen LogP contribution in [-0.4, -0.2) is 143 Å². The van der Waals surface area contributed by atoms with E-state index in [-0.39, 0.29) is 25.3 Å². The standard InChI is InChI=1S/C18H39NO.2C16H35NO.C15H33NO.C14H31NO.C14H29O.C3H7O/c1-4-7-8-9-10-11-12-13-14-15-16-17-18-19(20,5-2)6-3;1-4-5-6-7-8-9-10-11-12-13-14-15-16-17(2,3)18;1-4-7-8-9-10-11-12-13-14-15-16-17(18,5-2)6-3;1-4-5-6-7-8-9-10-11-12-13-14-16(2,3)15-17;1-4-5-6-7-8-9-10-11-12-13-14-15(2,3)16;1-4-5-6-7-8-9-10-11-12-13-14(2,3)15;1-3(2)4/h4-18H2,1-3H3;2*4-16H2,1-3H3;4-15H2,1-3H3;4-14H2,1-3H3;4-13H2,1-3H3;3H,1-2H3/q;;;;;2*-1. The zero-order valence-corrected chi connectivity index (χ0v) is 78.5. The van der Waals surface area contributed by atoms with E-state index in [9.17, 15) is 36.1 Å². The lowest BCUT2D eigenvalue weighted by Crippen LogP contribution is -2.46. The highest BCUT2D eigenvalue weighted by molar-refractivity contribution is 4.63. The Bertz CT molecular complexity index is 1560. The summed E-state index contributed by atoms with van der Waals surface area (Å²) >= 11 is 0. The minimum absolute atomic E-state index is 0.0109. The minimum Gasteiger partial charge on any atom is -0.852 e. The van der Waals surface area contributed by atoms with Crippen molar-refractivity contribution in [1.82, 2.24) is 0 Å². The molecule has 0 aromatic rings. The van der Waals surface area contributed by atoms with E-state index in [2.05, 4.69) is 41.5 Å². The summed E-state index contributed by atoms with van der Waals surface area (Å²) in [7, 11) is 11.0. The van der Waals surface area contributed by atoms with Crippen LogP contribution >= 0.6 is 0 Å². The first-order valence-electron chi connectivity index (χ1n) is 48.4. The van der Waals surface area contributed by atoms with E-state index in [0.29, 0.717) is 4.48 Å². The van der Waals surface area contributed by atoms with E-state index >= 15 is 0 Å². The largest absolute Gasteiger partial charge is 0.852 e. The summed E-state index contributed by atoms with van der Waals surface area (Å²) in [5.74, 6) is 0. The van der Waals surface area contributed by atoms with Crippen molar-refractivity contribution in [3.05, 3.63) is 20.8 Å². The topological polar surface area (TPSA) is 161 Å². The number of nitrogens with zero attached hydrogens (tertiary/aromatic N) is 5. The second-order valence-corrected chi connectivity index (χ2v) is 35.9. The second-order valence-electron chi connectivity index (χ2n) is 35.9. The average molecular weight is 1550 g/mol. The van der Waals surface area contributed by atoms with Gasteiger partial charge in [-0.2, -0.15) is 0 Å². The summed E-state index contributed by atoms with van der Waals surface area (Å²) in [5.41, 5.74) is -0.707. The number of hydrogen-bond donors (Lipinski definition) is 0. The molecule has 0 saturated carbocycles. The van der Waals surface area contributed by atoms with Crippen molar-refractivity contribution in [2.24, 2.45) is 0 Å². The van der Waals surface area contributed by atoms with Crippen LogP contribution in [0.2, 0.25) is 0 Å². The van der Waals surface area contributed by atoms with Gasteiger partial charge in [-0.15, -0.1) is 11.7 Å². The second kappa shape index (κ2) is 93.7. The zero-order chi connectivity index (χ0) is 82.9. The fourth-order valence-corrected chi connectivity index (χ4v) is 13.5. The summed E-state index contributed by atoms with van der Waals surface area (Å²) in [6.07, 6.45) is 85.5. The minimum atomic E-state index is -0.707. The first kappa shape index (κ1) is 121. The average Bonchev–Trinajstić information content (AvgIpc) is 0.971. The lowest BCUT2D eigenvalue weighted by molar-refractivity contribution is -0.951. The van der Waals surface area contributed by atoms with Crippen LogP contribution in [0.5, 0.6) is 0 Å². The van der Waals surface area contributed by atoms with Gasteiger partial charge in [0.15, 0.2) is 0 Å². The molecule has 0 saturated heterocycles. The van der Waals surface area contributed by atoms with Gasteiger partial charge in [0.1, 0.15) is 0 Å². The Kier molecular flexibility index (Phi) is 105. The van der Waals surface area contributed by atoms with Gasteiger partial charge >= 0.3 is 0 Å². The summed E-state index contributed by atoms with van der Waals surface area (Å²) in [6, 6.07) is 0. The Morgan fingerprint density at radius 2 is 0.370 bits per heavy atom. The molecular weight excluding hydrogens is 1340 g/mol. The van der Waals surface area contributed by atoms with Crippen molar-refractivity contribution < 1.29 is 38.4 Å². The molecule has 0 aromatic heterocycles. The normalized spacial score (nSPS) is 11.9. The molecule has 0 aromatic carbocycles. The van der Waals surface area contributed by atoms with Gasteiger partial charge < -0.3 is 59.2 Å². The van der Waals surface area contributed by atoms with Gasteiger partial charge in [-0.3, -0.25) is 0 Å². The molecule has 12 nitrogen and oxygen atoms in total. The van der Waals surface area contributed by atoms with Crippen molar-refractivity contribution in [3.63, 3.8) is 0 Å². The molecule has 0 radical (unpaired) electrons. The predicted molar refractivity (Wildman–Crippen MR) is 480 cm³/mol. The molecule has 12 heteroatoms. The van der Waals surface area contributed by atoms with Crippen LogP contribution in [0.15, 0.2) is 0 Å². The first-order valence-corrected chi connectivity index (χ1v) is 48.4. The van der Waals surface area contributed by atoms with Crippen molar-refractivity contribution in [2.45, 2.75) is 520 Å². The Morgan fingerprint density at radius 1 is 0.231 bits per heavy atom.